The van der Waals surface area contributed by atoms with Crippen LogP contribution >= 0.6 is 11.3 Å². The van der Waals surface area contributed by atoms with E-state index in [1.54, 1.807) is 11.3 Å². The Morgan fingerprint density at radius 2 is 2.14 bits per heavy atom. The lowest BCUT2D eigenvalue weighted by molar-refractivity contribution is 0.466. The van der Waals surface area contributed by atoms with E-state index < -0.39 is 0 Å². The van der Waals surface area contributed by atoms with Crippen molar-refractivity contribution >= 4 is 32.6 Å². The third kappa shape index (κ3) is 4.59. The second-order valence-electron chi connectivity index (χ2n) is 5.16. The SMILES string of the molecule is CCCCN(C)C(=NC)NCCNc1nc2ccccc2s1. The third-order valence-corrected chi connectivity index (χ3v) is 4.39. The van der Waals surface area contributed by atoms with E-state index >= 15 is 0 Å². The van der Waals surface area contributed by atoms with Gasteiger partial charge in [-0.25, -0.2) is 4.98 Å². The van der Waals surface area contributed by atoms with E-state index in [2.05, 4.69) is 45.5 Å². The summed E-state index contributed by atoms with van der Waals surface area (Å²) in [5, 5.41) is 7.71. The van der Waals surface area contributed by atoms with Gasteiger partial charge in [0.25, 0.3) is 0 Å². The molecule has 0 aliphatic heterocycles. The highest BCUT2D eigenvalue weighted by Crippen LogP contribution is 2.24. The van der Waals surface area contributed by atoms with Gasteiger partial charge in [-0.05, 0) is 18.6 Å². The summed E-state index contributed by atoms with van der Waals surface area (Å²) in [5.41, 5.74) is 1.05. The number of fused-ring (bicyclic) bond motifs is 1. The van der Waals surface area contributed by atoms with Crippen LogP contribution in [0.4, 0.5) is 5.13 Å². The van der Waals surface area contributed by atoms with Crippen LogP contribution in [0.25, 0.3) is 10.2 Å². The molecule has 0 fully saturated rings. The van der Waals surface area contributed by atoms with Crippen molar-refractivity contribution in [2.75, 3.05) is 39.0 Å². The minimum atomic E-state index is 0.819. The Bertz CT molecular complexity index is 574. The fourth-order valence-corrected chi connectivity index (χ4v) is 3.07. The summed E-state index contributed by atoms with van der Waals surface area (Å²) in [5.74, 6) is 0.944. The summed E-state index contributed by atoms with van der Waals surface area (Å²) < 4.78 is 1.22. The Labute approximate surface area is 136 Å². The summed E-state index contributed by atoms with van der Waals surface area (Å²) >= 11 is 1.69. The van der Waals surface area contributed by atoms with E-state index in [-0.39, 0.29) is 0 Å². The predicted octanol–water partition coefficient (Wildman–Crippen LogP) is 3.02. The molecule has 120 valence electrons. The van der Waals surface area contributed by atoms with E-state index in [1.807, 2.05) is 25.2 Å². The monoisotopic (exact) mass is 319 g/mol. The average molecular weight is 319 g/mol. The first-order valence-electron chi connectivity index (χ1n) is 7.75. The molecule has 22 heavy (non-hydrogen) atoms. The highest BCUT2D eigenvalue weighted by Gasteiger charge is 2.05. The summed E-state index contributed by atoms with van der Waals surface area (Å²) in [4.78, 5) is 11.0. The first kappa shape index (κ1) is 16.5. The van der Waals surface area contributed by atoms with Gasteiger partial charge in [0, 0.05) is 33.7 Å². The van der Waals surface area contributed by atoms with Gasteiger partial charge in [-0.2, -0.15) is 0 Å². The van der Waals surface area contributed by atoms with E-state index in [4.69, 9.17) is 0 Å². The smallest absolute Gasteiger partial charge is 0.193 e. The molecule has 0 radical (unpaired) electrons. The number of aliphatic imine (C=N–C) groups is 1. The lowest BCUT2D eigenvalue weighted by Gasteiger charge is -2.21. The topological polar surface area (TPSA) is 52.5 Å². The number of thiazole rings is 1. The molecule has 1 heterocycles. The van der Waals surface area contributed by atoms with Gasteiger partial charge in [0.05, 0.1) is 10.2 Å². The van der Waals surface area contributed by atoms with Crippen LogP contribution in [0.1, 0.15) is 19.8 Å². The molecule has 0 aliphatic rings. The molecule has 6 heteroatoms. The van der Waals surface area contributed by atoms with Crippen molar-refractivity contribution in [3.05, 3.63) is 24.3 Å². The van der Waals surface area contributed by atoms with Crippen LogP contribution in [0.5, 0.6) is 0 Å². The van der Waals surface area contributed by atoms with Crippen molar-refractivity contribution in [1.29, 1.82) is 0 Å². The zero-order chi connectivity index (χ0) is 15.8. The van der Waals surface area contributed by atoms with Crippen LogP contribution in [-0.4, -0.2) is 49.6 Å². The molecular weight excluding hydrogens is 294 g/mol. The van der Waals surface area contributed by atoms with Crippen LogP contribution in [0.3, 0.4) is 0 Å². The molecule has 0 amide bonds. The number of anilines is 1. The predicted molar refractivity (Wildman–Crippen MR) is 97.0 cm³/mol. The Balaban J connectivity index is 1.76. The maximum absolute atomic E-state index is 4.56. The summed E-state index contributed by atoms with van der Waals surface area (Å²) in [6.45, 7) is 4.87. The first-order chi connectivity index (χ1) is 10.7. The number of aromatic nitrogens is 1. The van der Waals surface area contributed by atoms with Crippen molar-refractivity contribution in [3.63, 3.8) is 0 Å². The molecule has 1 aromatic carbocycles. The number of hydrogen-bond donors (Lipinski definition) is 2. The second kappa shape index (κ2) is 8.58. The maximum Gasteiger partial charge on any atom is 0.193 e. The molecule has 0 bridgehead atoms. The number of unbranched alkanes of at least 4 members (excludes halogenated alkanes) is 1. The van der Waals surface area contributed by atoms with Crippen molar-refractivity contribution in [2.45, 2.75) is 19.8 Å². The lowest BCUT2D eigenvalue weighted by atomic mass is 10.3. The Morgan fingerprint density at radius 1 is 1.32 bits per heavy atom. The minimum absolute atomic E-state index is 0.819. The van der Waals surface area contributed by atoms with Gasteiger partial charge in [-0.15, -0.1) is 0 Å². The number of benzene rings is 1. The highest BCUT2D eigenvalue weighted by atomic mass is 32.1. The summed E-state index contributed by atoms with van der Waals surface area (Å²) in [6.07, 6.45) is 2.38. The molecule has 1 aromatic heterocycles. The van der Waals surface area contributed by atoms with Crippen molar-refractivity contribution < 1.29 is 0 Å². The molecular formula is C16H25N5S. The number of guanidine groups is 1. The number of para-hydroxylation sites is 1. The number of nitrogens with one attached hydrogen (secondary N) is 2. The van der Waals surface area contributed by atoms with Crippen LogP contribution in [0, 0.1) is 0 Å². The largest absolute Gasteiger partial charge is 0.360 e. The second-order valence-corrected chi connectivity index (χ2v) is 6.19. The van der Waals surface area contributed by atoms with Crippen LogP contribution in [0.15, 0.2) is 29.3 Å². The Morgan fingerprint density at radius 3 is 2.86 bits per heavy atom. The van der Waals surface area contributed by atoms with Gasteiger partial charge >= 0.3 is 0 Å². The third-order valence-electron chi connectivity index (χ3n) is 3.40. The standard InChI is InChI=1S/C16H25N5S/c1-4-5-12-21(3)15(17-2)18-10-11-19-16-20-13-8-6-7-9-14(13)22-16/h6-9H,4-5,10-12H2,1-3H3,(H,17,18)(H,19,20). The Hall–Kier alpha value is -1.82. The van der Waals surface area contributed by atoms with Gasteiger partial charge in [-0.1, -0.05) is 36.8 Å². The lowest BCUT2D eigenvalue weighted by Crippen LogP contribution is -2.41. The molecule has 0 atom stereocenters. The normalized spacial score (nSPS) is 11.7. The van der Waals surface area contributed by atoms with E-state index in [0.29, 0.717) is 0 Å². The fourth-order valence-electron chi connectivity index (χ4n) is 2.18. The number of nitrogens with zero attached hydrogens (tertiary/aromatic N) is 3. The molecule has 0 saturated heterocycles. The summed E-state index contributed by atoms with van der Waals surface area (Å²) in [6, 6.07) is 8.20. The van der Waals surface area contributed by atoms with Crippen molar-refractivity contribution in [1.82, 2.24) is 15.2 Å². The van der Waals surface area contributed by atoms with E-state index in [9.17, 15) is 0 Å². The van der Waals surface area contributed by atoms with Gasteiger partial charge in [-0.3, -0.25) is 4.99 Å². The van der Waals surface area contributed by atoms with Gasteiger partial charge in [0.1, 0.15) is 0 Å². The van der Waals surface area contributed by atoms with Crippen LogP contribution in [0.2, 0.25) is 0 Å². The molecule has 5 nitrogen and oxygen atoms in total. The molecule has 0 saturated carbocycles. The average Bonchev–Trinajstić information content (AvgIpc) is 2.95. The van der Waals surface area contributed by atoms with Gasteiger partial charge in [0.2, 0.25) is 0 Å². The highest BCUT2D eigenvalue weighted by molar-refractivity contribution is 7.22. The van der Waals surface area contributed by atoms with E-state index in [0.717, 1.165) is 36.2 Å². The first-order valence-corrected chi connectivity index (χ1v) is 8.57. The molecule has 2 N–H and O–H groups in total. The quantitative estimate of drug-likeness (QED) is 0.468. The minimum Gasteiger partial charge on any atom is -0.360 e. The number of rotatable bonds is 7. The van der Waals surface area contributed by atoms with Gasteiger partial charge < -0.3 is 15.5 Å². The van der Waals surface area contributed by atoms with Crippen molar-refractivity contribution in [3.8, 4) is 0 Å². The molecule has 0 spiro atoms. The number of hydrogen-bond acceptors (Lipinski definition) is 4. The fraction of sp³-hybridized carbons (Fsp3) is 0.500. The van der Waals surface area contributed by atoms with E-state index in [1.165, 1.54) is 17.5 Å². The summed E-state index contributed by atoms with van der Waals surface area (Å²) in [7, 11) is 3.90. The Kier molecular flexibility index (Phi) is 6.45. The molecule has 0 unspecified atom stereocenters. The van der Waals surface area contributed by atoms with Crippen molar-refractivity contribution in [2.24, 2.45) is 4.99 Å². The molecule has 2 rings (SSSR count). The molecule has 0 aliphatic carbocycles. The van der Waals surface area contributed by atoms with Gasteiger partial charge in [0.15, 0.2) is 11.1 Å². The zero-order valence-corrected chi connectivity index (χ0v) is 14.4. The maximum atomic E-state index is 4.56. The molecule has 2 aromatic rings. The van der Waals surface area contributed by atoms with Crippen LogP contribution < -0.4 is 10.6 Å². The van der Waals surface area contributed by atoms with Crippen LogP contribution in [-0.2, 0) is 0 Å². The zero-order valence-electron chi connectivity index (χ0n) is 13.6.